The van der Waals surface area contributed by atoms with Crippen molar-refractivity contribution in [1.82, 2.24) is 0 Å². The molecule has 0 rings (SSSR count). The fourth-order valence-electron chi connectivity index (χ4n) is 0. The molecule has 0 saturated carbocycles. The Hall–Kier alpha value is -0.410. The van der Waals surface area contributed by atoms with E-state index in [2.05, 4.69) is 9.24 Å². The van der Waals surface area contributed by atoms with Crippen molar-refractivity contribution >= 4 is 9.24 Å². The van der Waals surface area contributed by atoms with Crippen LogP contribution in [0.25, 0.3) is 0 Å². The van der Waals surface area contributed by atoms with Crippen LogP contribution in [0.1, 0.15) is 20.8 Å². The van der Waals surface area contributed by atoms with Gasteiger partial charge < -0.3 is 10.3 Å². The quantitative estimate of drug-likeness (QED) is 0.359. The highest BCUT2D eigenvalue weighted by Gasteiger charge is 2.16. The zero-order valence-corrected chi connectivity index (χ0v) is 7.97. The van der Waals surface area contributed by atoms with E-state index in [0.717, 1.165) is 0 Å². The van der Waals surface area contributed by atoms with Gasteiger partial charge in [-0.2, -0.15) is 0 Å². The minimum Gasteiger partial charge on any atom is -0.386 e. The lowest BCUT2D eigenvalue weighted by atomic mass is 10.1. The average Bonchev–Trinajstić information content (AvgIpc) is 1.59. The van der Waals surface area contributed by atoms with E-state index >= 15 is 0 Å². The second kappa shape index (κ2) is 5.27. The monoisotopic (exact) mass is 183 g/mol. The van der Waals surface area contributed by atoms with Gasteiger partial charge in [0.2, 0.25) is 0 Å². The number of rotatable bonds is 1. The maximum Gasteiger partial charge on any atom is 0.291 e. The van der Waals surface area contributed by atoms with Crippen LogP contribution in [0, 0.1) is 16.0 Å². The van der Waals surface area contributed by atoms with Gasteiger partial charge in [0.15, 0.2) is 0 Å². The number of hydrogen-bond acceptors (Lipinski definition) is 3. The van der Waals surface area contributed by atoms with E-state index in [9.17, 15) is 0 Å². The van der Waals surface area contributed by atoms with Crippen LogP contribution in [0.3, 0.4) is 0 Å². The van der Waals surface area contributed by atoms with E-state index in [1.165, 1.54) is 0 Å². The largest absolute Gasteiger partial charge is 0.386 e. The molecule has 0 radical (unpaired) electrons. The molecule has 0 fully saturated rings. The van der Waals surface area contributed by atoms with Gasteiger partial charge in [-0.1, -0.05) is 13.8 Å². The Bertz CT molecular complexity index is 116. The molecule has 6 heteroatoms. The summed E-state index contributed by atoms with van der Waals surface area (Å²) in [4.78, 5) is 8.36. The first-order chi connectivity index (χ1) is 4.68. The maximum absolute atomic E-state index is 9.06. The summed E-state index contributed by atoms with van der Waals surface area (Å²) < 4.78 is 0. The molecule has 0 aromatic carbocycles. The van der Waals surface area contributed by atoms with Crippen LogP contribution in [-0.2, 0) is 0 Å². The van der Waals surface area contributed by atoms with E-state index in [1.54, 1.807) is 6.92 Å². The van der Waals surface area contributed by atoms with Gasteiger partial charge in [0.1, 0.15) is 0 Å². The molecular formula is C5H14NO4P. The van der Waals surface area contributed by atoms with Crippen molar-refractivity contribution < 1.29 is 15.4 Å². The van der Waals surface area contributed by atoms with Crippen LogP contribution in [0.4, 0.5) is 0 Å². The highest BCUT2D eigenvalue weighted by molar-refractivity contribution is 7.18. The van der Waals surface area contributed by atoms with Gasteiger partial charge in [-0.25, -0.2) is 0 Å². The number of aliphatic hydroxyl groups is 1. The van der Waals surface area contributed by atoms with Crippen molar-refractivity contribution in [1.29, 1.82) is 0 Å². The highest BCUT2D eigenvalue weighted by atomic mass is 31.0. The molecule has 0 aliphatic carbocycles. The molecule has 0 heterocycles. The number of nitrogens with zero attached hydrogens (tertiary/aromatic N) is 1. The molecule has 5 nitrogen and oxygen atoms in total. The SMILES string of the molecule is CC(C)C(C)(O)P.O=[N+]([O-])O. The van der Waals surface area contributed by atoms with Crippen molar-refractivity contribution in [3.8, 4) is 0 Å². The molecule has 0 bridgehead atoms. The summed E-state index contributed by atoms with van der Waals surface area (Å²) in [6, 6.07) is 0. The molecule has 0 spiro atoms. The van der Waals surface area contributed by atoms with Gasteiger partial charge in [-0.05, 0) is 12.8 Å². The third kappa shape index (κ3) is 17.7. The molecule has 2 atom stereocenters. The van der Waals surface area contributed by atoms with Crippen molar-refractivity contribution in [3.63, 3.8) is 0 Å². The van der Waals surface area contributed by atoms with Crippen LogP contribution >= 0.6 is 9.24 Å². The maximum atomic E-state index is 9.06. The van der Waals surface area contributed by atoms with E-state index < -0.39 is 10.4 Å². The molecular weight excluding hydrogens is 169 g/mol. The predicted octanol–water partition coefficient (Wildman–Crippen LogP) is 0.878. The first-order valence-corrected chi connectivity index (χ1v) is 3.60. The second-order valence-electron chi connectivity index (χ2n) is 2.62. The van der Waals surface area contributed by atoms with Crippen molar-refractivity contribution in [2.75, 3.05) is 0 Å². The van der Waals surface area contributed by atoms with Crippen molar-refractivity contribution in [2.24, 2.45) is 5.92 Å². The Labute approximate surface area is 67.7 Å². The third-order valence-corrected chi connectivity index (χ3v) is 1.84. The van der Waals surface area contributed by atoms with Gasteiger partial charge >= 0.3 is 0 Å². The van der Waals surface area contributed by atoms with E-state index in [-0.39, 0.29) is 0 Å². The topological polar surface area (TPSA) is 83.6 Å². The lowest BCUT2D eigenvalue weighted by Crippen LogP contribution is -2.21. The Kier molecular flexibility index (Phi) is 6.32. The van der Waals surface area contributed by atoms with Crippen molar-refractivity contribution in [3.05, 3.63) is 10.1 Å². The van der Waals surface area contributed by atoms with Gasteiger partial charge in [-0.15, -0.1) is 19.4 Å². The smallest absolute Gasteiger partial charge is 0.291 e. The van der Waals surface area contributed by atoms with E-state index in [0.29, 0.717) is 5.92 Å². The highest BCUT2D eigenvalue weighted by Crippen LogP contribution is 2.22. The average molecular weight is 183 g/mol. The zero-order chi connectivity index (χ0) is 9.65. The molecule has 11 heavy (non-hydrogen) atoms. The van der Waals surface area contributed by atoms with Crippen LogP contribution in [-0.4, -0.2) is 20.7 Å². The second-order valence-corrected chi connectivity index (χ2v) is 3.79. The molecule has 2 N–H and O–H groups in total. The van der Waals surface area contributed by atoms with Gasteiger partial charge in [-0.3, -0.25) is 0 Å². The Balaban J connectivity index is 0. The summed E-state index contributed by atoms with van der Waals surface area (Å²) in [7, 11) is 2.39. The van der Waals surface area contributed by atoms with Crippen molar-refractivity contribution in [2.45, 2.75) is 26.1 Å². The lowest BCUT2D eigenvalue weighted by Gasteiger charge is -2.20. The molecule has 68 valence electrons. The van der Waals surface area contributed by atoms with Gasteiger partial charge in [0, 0.05) is 0 Å². The Morgan fingerprint density at radius 3 is 1.73 bits per heavy atom. The molecule has 0 aliphatic heterocycles. The number of hydrogen-bond donors (Lipinski definition) is 2. The van der Waals surface area contributed by atoms with E-state index in [4.69, 9.17) is 20.4 Å². The van der Waals surface area contributed by atoms with Crippen LogP contribution in [0.5, 0.6) is 0 Å². The first-order valence-electron chi connectivity index (χ1n) is 3.02. The third-order valence-electron chi connectivity index (χ3n) is 1.17. The fraction of sp³-hybridized carbons (Fsp3) is 1.00. The standard InChI is InChI=1S/C5H13OP.HNO3/c1-4(2)5(3,6)7;2-1(3)4/h4,6H,7H2,1-3H3;(H,2,3,4). The Morgan fingerprint density at radius 2 is 1.73 bits per heavy atom. The summed E-state index contributed by atoms with van der Waals surface area (Å²) in [6.07, 6.45) is 0. The molecule has 0 aromatic heterocycles. The zero-order valence-electron chi connectivity index (χ0n) is 6.81. The van der Waals surface area contributed by atoms with Gasteiger partial charge in [0.05, 0.1) is 5.34 Å². The summed E-state index contributed by atoms with van der Waals surface area (Å²) in [5.74, 6) is 0.317. The minimum atomic E-state index is -1.50. The normalized spacial score (nSPS) is 14.7. The van der Waals surface area contributed by atoms with Crippen LogP contribution < -0.4 is 0 Å². The van der Waals surface area contributed by atoms with Crippen LogP contribution in [0.15, 0.2) is 0 Å². The molecule has 0 aliphatic rings. The van der Waals surface area contributed by atoms with Crippen LogP contribution in [0.2, 0.25) is 0 Å². The summed E-state index contributed by atoms with van der Waals surface area (Å²) >= 11 is 0. The molecule has 0 saturated heterocycles. The Morgan fingerprint density at radius 1 is 1.64 bits per heavy atom. The minimum absolute atomic E-state index is 0.317. The molecule has 0 amide bonds. The molecule has 0 aromatic rings. The first kappa shape index (κ1) is 13.2. The van der Waals surface area contributed by atoms with Gasteiger partial charge in [0.25, 0.3) is 5.09 Å². The summed E-state index contributed by atoms with van der Waals surface area (Å²) in [5.41, 5.74) is 0. The lowest BCUT2D eigenvalue weighted by molar-refractivity contribution is -0.742. The summed E-state index contributed by atoms with van der Waals surface area (Å²) in [5, 5.41) is 22.1. The molecule has 2 unspecified atom stereocenters. The fourth-order valence-corrected chi connectivity index (χ4v) is 0. The summed E-state index contributed by atoms with van der Waals surface area (Å²) in [6.45, 7) is 5.74. The predicted molar refractivity (Wildman–Crippen MR) is 44.0 cm³/mol. The van der Waals surface area contributed by atoms with E-state index in [1.807, 2.05) is 13.8 Å².